The Kier molecular flexibility index (Phi) is 4.36. The summed E-state index contributed by atoms with van der Waals surface area (Å²) in [6, 6.07) is 4.08. The van der Waals surface area contributed by atoms with E-state index in [4.69, 9.17) is 5.73 Å². The number of nitrogens with one attached hydrogen (secondary N) is 1. The van der Waals surface area contributed by atoms with Gasteiger partial charge in [-0.25, -0.2) is 23.7 Å². The van der Waals surface area contributed by atoms with Gasteiger partial charge in [0.05, 0.1) is 10.9 Å². The van der Waals surface area contributed by atoms with Crippen LogP contribution in [0.2, 0.25) is 0 Å². The number of pyridine rings is 1. The van der Waals surface area contributed by atoms with Crippen LogP contribution in [-0.4, -0.2) is 21.0 Å². The maximum Gasteiger partial charge on any atom is 0.223 e. The van der Waals surface area contributed by atoms with Crippen LogP contribution in [0.3, 0.4) is 0 Å². The summed E-state index contributed by atoms with van der Waals surface area (Å²) in [5.74, 6) is -0.993. The lowest BCUT2D eigenvalue weighted by molar-refractivity contribution is 0.461. The molecular formula is C19H19F2N5. The van der Waals surface area contributed by atoms with Crippen LogP contribution in [-0.2, 0) is 0 Å². The van der Waals surface area contributed by atoms with Gasteiger partial charge in [-0.15, -0.1) is 0 Å². The number of fused-ring (bicyclic) bond motifs is 1. The highest BCUT2D eigenvalue weighted by Gasteiger charge is 2.16. The van der Waals surface area contributed by atoms with Crippen LogP contribution < -0.4 is 11.1 Å². The molecular weight excluding hydrogens is 336 g/mol. The first-order chi connectivity index (χ1) is 12.6. The number of rotatable bonds is 3. The Balaban J connectivity index is 1.78. The van der Waals surface area contributed by atoms with Crippen molar-refractivity contribution in [1.29, 1.82) is 0 Å². The number of nitrogen functional groups attached to an aromatic ring is 1. The predicted octanol–water partition coefficient (Wildman–Crippen LogP) is 4.30. The number of hydrogen-bond donors (Lipinski definition) is 2. The topological polar surface area (TPSA) is 76.7 Å². The van der Waals surface area contributed by atoms with Crippen LogP contribution >= 0.6 is 0 Å². The molecule has 0 saturated heterocycles. The van der Waals surface area contributed by atoms with Gasteiger partial charge in [0.15, 0.2) is 11.6 Å². The fraction of sp³-hybridized carbons (Fsp3) is 0.316. The van der Waals surface area contributed by atoms with E-state index in [9.17, 15) is 8.78 Å². The number of nitrogens with two attached hydrogens (primary N) is 1. The summed E-state index contributed by atoms with van der Waals surface area (Å²) in [6.45, 7) is 0. The van der Waals surface area contributed by atoms with Gasteiger partial charge in [-0.05, 0) is 30.5 Å². The van der Waals surface area contributed by atoms with Gasteiger partial charge < -0.3 is 11.1 Å². The Bertz CT molecular complexity index is 954. The molecule has 1 aliphatic carbocycles. The molecule has 2 aromatic heterocycles. The van der Waals surface area contributed by atoms with Gasteiger partial charge in [0.1, 0.15) is 5.82 Å². The van der Waals surface area contributed by atoms with E-state index in [2.05, 4.69) is 20.3 Å². The van der Waals surface area contributed by atoms with Crippen LogP contribution in [0.4, 0.5) is 20.5 Å². The van der Waals surface area contributed by atoms with Gasteiger partial charge >= 0.3 is 0 Å². The van der Waals surface area contributed by atoms with Gasteiger partial charge in [-0.3, -0.25) is 0 Å². The number of nitrogens with zero attached hydrogens (tertiary/aromatic N) is 3. The fourth-order valence-corrected chi connectivity index (χ4v) is 3.41. The number of benzene rings is 1. The molecule has 7 heteroatoms. The molecule has 1 aromatic carbocycles. The standard InChI is InChI=1S/C19H19F2N5/c20-15-7-6-11(8-16(15)21)13-9-23-18(22)14-10-24-19(26-17(13)14)25-12-4-2-1-3-5-12/h6-10,12H,1-5H2,(H2,22,23)(H,24,25,26). The molecule has 1 saturated carbocycles. The Hall–Kier alpha value is -2.83. The normalized spacial score (nSPS) is 15.3. The number of anilines is 2. The summed E-state index contributed by atoms with van der Waals surface area (Å²) in [6.07, 6.45) is 9.00. The van der Waals surface area contributed by atoms with Crippen molar-refractivity contribution < 1.29 is 8.78 Å². The number of aromatic nitrogens is 3. The van der Waals surface area contributed by atoms with Crippen LogP contribution in [0.5, 0.6) is 0 Å². The Morgan fingerprint density at radius 2 is 1.81 bits per heavy atom. The van der Waals surface area contributed by atoms with Crippen molar-refractivity contribution >= 4 is 22.7 Å². The van der Waals surface area contributed by atoms with Crippen LogP contribution in [0.1, 0.15) is 32.1 Å². The number of hydrogen-bond acceptors (Lipinski definition) is 5. The number of halogens is 2. The highest BCUT2D eigenvalue weighted by atomic mass is 19.2. The second kappa shape index (κ2) is 6.82. The van der Waals surface area contributed by atoms with Gasteiger partial charge in [0.2, 0.25) is 5.95 Å². The molecule has 0 unspecified atom stereocenters. The molecule has 4 rings (SSSR count). The average Bonchev–Trinajstić information content (AvgIpc) is 2.65. The van der Waals surface area contributed by atoms with Crippen molar-refractivity contribution in [2.24, 2.45) is 0 Å². The molecule has 5 nitrogen and oxygen atoms in total. The summed E-state index contributed by atoms with van der Waals surface area (Å²) in [4.78, 5) is 13.1. The third kappa shape index (κ3) is 3.16. The zero-order chi connectivity index (χ0) is 18.1. The molecule has 1 aliphatic rings. The lowest BCUT2D eigenvalue weighted by Crippen LogP contribution is -2.23. The fourth-order valence-electron chi connectivity index (χ4n) is 3.41. The molecule has 0 amide bonds. The van der Waals surface area contributed by atoms with Gasteiger partial charge in [0, 0.05) is 24.0 Å². The summed E-state index contributed by atoms with van der Waals surface area (Å²) in [5.41, 5.74) is 7.59. The molecule has 1 fully saturated rings. The van der Waals surface area contributed by atoms with Crippen molar-refractivity contribution in [3.63, 3.8) is 0 Å². The molecule has 134 valence electrons. The van der Waals surface area contributed by atoms with E-state index in [1.807, 2.05) is 0 Å². The molecule has 0 spiro atoms. The molecule has 0 radical (unpaired) electrons. The Morgan fingerprint density at radius 1 is 1.00 bits per heavy atom. The first-order valence-corrected chi connectivity index (χ1v) is 8.75. The molecule has 26 heavy (non-hydrogen) atoms. The zero-order valence-corrected chi connectivity index (χ0v) is 14.2. The monoisotopic (exact) mass is 355 g/mol. The first-order valence-electron chi connectivity index (χ1n) is 8.75. The van der Waals surface area contributed by atoms with Crippen molar-refractivity contribution in [1.82, 2.24) is 15.0 Å². The maximum absolute atomic E-state index is 13.7. The molecule has 0 bridgehead atoms. The zero-order valence-electron chi connectivity index (χ0n) is 14.2. The molecule has 0 atom stereocenters. The highest BCUT2D eigenvalue weighted by Crippen LogP contribution is 2.31. The van der Waals surface area contributed by atoms with Gasteiger partial charge in [-0.1, -0.05) is 25.3 Å². The highest BCUT2D eigenvalue weighted by molar-refractivity contribution is 5.98. The summed E-state index contributed by atoms with van der Waals surface area (Å²) >= 11 is 0. The minimum absolute atomic E-state index is 0.301. The van der Waals surface area contributed by atoms with Gasteiger partial charge in [0.25, 0.3) is 0 Å². The van der Waals surface area contributed by atoms with Crippen LogP contribution in [0, 0.1) is 11.6 Å². The van der Waals surface area contributed by atoms with Crippen molar-refractivity contribution in [3.05, 3.63) is 42.2 Å². The van der Waals surface area contributed by atoms with E-state index in [0.29, 0.717) is 39.8 Å². The van der Waals surface area contributed by atoms with E-state index in [0.717, 1.165) is 25.0 Å². The lowest BCUT2D eigenvalue weighted by atomic mass is 9.96. The van der Waals surface area contributed by atoms with Gasteiger partial charge in [-0.2, -0.15) is 0 Å². The summed E-state index contributed by atoms with van der Waals surface area (Å²) in [5, 5.41) is 3.96. The van der Waals surface area contributed by atoms with Crippen LogP contribution in [0.25, 0.3) is 22.0 Å². The van der Waals surface area contributed by atoms with E-state index < -0.39 is 11.6 Å². The predicted molar refractivity (Wildman–Crippen MR) is 97.6 cm³/mol. The molecule has 3 aromatic rings. The van der Waals surface area contributed by atoms with E-state index in [1.165, 1.54) is 31.5 Å². The molecule has 2 heterocycles. The Morgan fingerprint density at radius 3 is 2.58 bits per heavy atom. The second-order valence-electron chi connectivity index (χ2n) is 6.62. The third-order valence-corrected chi connectivity index (χ3v) is 4.82. The van der Waals surface area contributed by atoms with Crippen LogP contribution in [0.15, 0.2) is 30.6 Å². The molecule has 0 aliphatic heterocycles. The van der Waals surface area contributed by atoms with Crippen molar-refractivity contribution in [2.75, 3.05) is 11.1 Å². The van der Waals surface area contributed by atoms with E-state index in [-0.39, 0.29) is 0 Å². The smallest absolute Gasteiger partial charge is 0.223 e. The summed E-state index contributed by atoms with van der Waals surface area (Å²) < 4.78 is 26.9. The second-order valence-corrected chi connectivity index (χ2v) is 6.62. The lowest BCUT2D eigenvalue weighted by Gasteiger charge is -2.22. The minimum Gasteiger partial charge on any atom is -0.383 e. The minimum atomic E-state index is -0.915. The maximum atomic E-state index is 13.7. The van der Waals surface area contributed by atoms with E-state index in [1.54, 1.807) is 6.20 Å². The summed E-state index contributed by atoms with van der Waals surface area (Å²) in [7, 11) is 0. The van der Waals surface area contributed by atoms with Crippen molar-refractivity contribution in [2.45, 2.75) is 38.1 Å². The Labute approximate surface area is 149 Å². The average molecular weight is 355 g/mol. The molecule has 3 N–H and O–H groups in total. The van der Waals surface area contributed by atoms with Crippen molar-refractivity contribution in [3.8, 4) is 11.1 Å². The largest absolute Gasteiger partial charge is 0.383 e. The third-order valence-electron chi connectivity index (χ3n) is 4.82. The first kappa shape index (κ1) is 16.6. The SMILES string of the molecule is Nc1ncc(-c2ccc(F)c(F)c2)c2nc(NC3CCCCC3)ncc12. The van der Waals surface area contributed by atoms with E-state index >= 15 is 0 Å². The quantitative estimate of drug-likeness (QED) is 0.733.